The van der Waals surface area contributed by atoms with Gasteiger partial charge in [0.15, 0.2) is 0 Å². The van der Waals surface area contributed by atoms with Crippen molar-refractivity contribution in [2.24, 2.45) is 11.3 Å². The topological polar surface area (TPSA) is 0 Å². The molecule has 0 nitrogen and oxygen atoms in total. The summed E-state index contributed by atoms with van der Waals surface area (Å²) in [5, 5.41) is 1.53. The lowest BCUT2D eigenvalue weighted by molar-refractivity contribution is 0.343. The van der Waals surface area contributed by atoms with Crippen LogP contribution in [0.1, 0.15) is 19.3 Å². The molecule has 88 valence electrons. The zero-order valence-corrected chi connectivity index (χ0v) is 12.9. The van der Waals surface area contributed by atoms with Crippen LogP contribution >= 0.6 is 63.1 Å². The normalized spacial score (nSPS) is 55.4. The standard InChI is InChI=1S/C10H18S5/c11-4-5-3-8(14)10(9(5)15)6(12)1-2-7(10)13/h5-9,11-15H,1-4H2. The highest BCUT2D eigenvalue weighted by molar-refractivity contribution is 7.84. The molecule has 0 aromatic rings. The summed E-state index contributed by atoms with van der Waals surface area (Å²) in [6.45, 7) is 0. The largest absolute Gasteiger partial charge is 0.179 e. The van der Waals surface area contributed by atoms with Crippen molar-refractivity contribution in [2.45, 2.75) is 40.3 Å². The number of thiol groups is 5. The van der Waals surface area contributed by atoms with Gasteiger partial charge in [0.05, 0.1) is 0 Å². The minimum Gasteiger partial charge on any atom is -0.179 e. The van der Waals surface area contributed by atoms with Gasteiger partial charge in [-0.3, -0.25) is 0 Å². The quantitative estimate of drug-likeness (QED) is 0.452. The molecule has 0 aromatic carbocycles. The molecule has 2 rings (SSSR count). The van der Waals surface area contributed by atoms with Gasteiger partial charge < -0.3 is 0 Å². The molecule has 2 saturated carbocycles. The Bertz CT molecular complexity index is 234. The Morgan fingerprint density at radius 2 is 1.47 bits per heavy atom. The van der Waals surface area contributed by atoms with Crippen molar-refractivity contribution in [3.05, 3.63) is 0 Å². The van der Waals surface area contributed by atoms with Gasteiger partial charge in [0, 0.05) is 26.4 Å². The monoisotopic (exact) mass is 298 g/mol. The number of hydrogen-bond acceptors (Lipinski definition) is 5. The van der Waals surface area contributed by atoms with Gasteiger partial charge in [-0.15, -0.1) is 0 Å². The van der Waals surface area contributed by atoms with Crippen LogP contribution in [0.25, 0.3) is 0 Å². The van der Waals surface area contributed by atoms with Crippen LogP contribution in [0.4, 0.5) is 0 Å². The van der Waals surface area contributed by atoms with Crippen LogP contribution in [0.2, 0.25) is 0 Å². The summed E-state index contributed by atoms with van der Waals surface area (Å²) >= 11 is 23.6. The molecule has 2 aliphatic carbocycles. The van der Waals surface area contributed by atoms with Crippen molar-refractivity contribution in [3.8, 4) is 0 Å². The van der Waals surface area contributed by atoms with Crippen molar-refractivity contribution >= 4 is 63.1 Å². The van der Waals surface area contributed by atoms with Gasteiger partial charge >= 0.3 is 0 Å². The minimum absolute atomic E-state index is 0.103. The summed E-state index contributed by atoms with van der Waals surface area (Å²) < 4.78 is 0. The zero-order valence-electron chi connectivity index (χ0n) is 8.45. The molecule has 5 unspecified atom stereocenters. The maximum atomic E-state index is 4.83. The molecule has 0 N–H and O–H groups in total. The third kappa shape index (κ3) is 1.79. The number of hydrogen-bond donors (Lipinski definition) is 5. The lowest BCUT2D eigenvalue weighted by Gasteiger charge is -2.40. The lowest BCUT2D eigenvalue weighted by atomic mass is 9.82. The van der Waals surface area contributed by atoms with E-state index < -0.39 is 0 Å². The fraction of sp³-hybridized carbons (Fsp3) is 1.00. The van der Waals surface area contributed by atoms with Crippen molar-refractivity contribution in [3.63, 3.8) is 0 Å². The molecule has 0 radical (unpaired) electrons. The maximum absolute atomic E-state index is 4.83. The molecule has 2 aliphatic rings. The molecular weight excluding hydrogens is 280 g/mol. The second kappa shape index (κ2) is 4.79. The average molecular weight is 299 g/mol. The Balaban J connectivity index is 2.33. The van der Waals surface area contributed by atoms with Gasteiger partial charge in [-0.05, 0) is 30.9 Å². The molecule has 5 heteroatoms. The van der Waals surface area contributed by atoms with E-state index in [1.807, 2.05) is 0 Å². The molecular formula is C10H18S5. The second-order valence-electron chi connectivity index (χ2n) is 4.75. The fourth-order valence-electron chi connectivity index (χ4n) is 3.28. The van der Waals surface area contributed by atoms with Crippen LogP contribution in [0.5, 0.6) is 0 Å². The van der Waals surface area contributed by atoms with E-state index in [1.54, 1.807) is 0 Å². The molecule has 1 spiro atoms. The minimum atomic E-state index is 0.103. The zero-order chi connectivity index (χ0) is 11.2. The average Bonchev–Trinajstić information content (AvgIpc) is 2.64. The van der Waals surface area contributed by atoms with Gasteiger partial charge in [0.1, 0.15) is 0 Å². The van der Waals surface area contributed by atoms with Crippen LogP contribution in [0.3, 0.4) is 0 Å². The molecule has 0 heterocycles. The van der Waals surface area contributed by atoms with E-state index >= 15 is 0 Å². The first-order valence-electron chi connectivity index (χ1n) is 5.38. The Morgan fingerprint density at radius 1 is 0.933 bits per heavy atom. The van der Waals surface area contributed by atoms with Crippen LogP contribution < -0.4 is 0 Å². The molecule has 2 fully saturated rings. The summed E-state index contributed by atoms with van der Waals surface area (Å²) in [5.74, 6) is 1.45. The second-order valence-corrected chi connectivity index (χ2v) is 7.54. The summed E-state index contributed by atoms with van der Waals surface area (Å²) in [6.07, 6.45) is 3.39. The summed E-state index contributed by atoms with van der Waals surface area (Å²) in [4.78, 5) is 0. The molecule has 0 bridgehead atoms. The van der Waals surface area contributed by atoms with Gasteiger partial charge in [-0.1, -0.05) is 0 Å². The van der Waals surface area contributed by atoms with Crippen LogP contribution in [0.15, 0.2) is 0 Å². The summed E-state index contributed by atoms with van der Waals surface area (Å²) in [6, 6.07) is 0. The van der Waals surface area contributed by atoms with Crippen molar-refractivity contribution in [2.75, 3.05) is 5.75 Å². The van der Waals surface area contributed by atoms with Gasteiger partial charge in [0.25, 0.3) is 0 Å². The van der Waals surface area contributed by atoms with E-state index in [0.717, 1.165) is 25.0 Å². The summed E-state index contributed by atoms with van der Waals surface area (Å²) in [7, 11) is 0. The highest BCUT2D eigenvalue weighted by atomic mass is 32.1. The predicted molar refractivity (Wildman–Crippen MR) is 84.7 cm³/mol. The summed E-state index contributed by atoms with van der Waals surface area (Å²) in [5.41, 5.74) is 0.103. The Kier molecular flexibility index (Phi) is 4.21. The Hall–Kier alpha value is 1.75. The first-order valence-corrected chi connectivity index (χ1v) is 8.08. The van der Waals surface area contributed by atoms with E-state index in [2.05, 4.69) is 12.6 Å². The number of rotatable bonds is 1. The van der Waals surface area contributed by atoms with E-state index in [9.17, 15) is 0 Å². The molecule has 0 amide bonds. The van der Waals surface area contributed by atoms with Crippen LogP contribution in [-0.4, -0.2) is 26.8 Å². The van der Waals surface area contributed by atoms with E-state index in [-0.39, 0.29) is 5.41 Å². The van der Waals surface area contributed by atoms with E-state index in [1.165, 1.54) is 0 Å². The fourth-order valence-corrected chi connectivity index (χ4v) is 7.40. The predicted octanol–water partition coefficient (Wildman–Crippen LogP) is 2.91. The van der Waals surface area contributed by atoms with Gasteiger partial charge in [-0.2, -0.15) is 63.1 Å². The van der Waals surface area contributed by atoms with Crippen LogP contribution in [-0.2, 0) is 0 Å². The van der Waals surface area contributed by atoms with Gasteiger partial charge in [-0.25, -0.2) is 0 Å². The van der Waals surface area contributed by atoms with Crippen LogP contribution in [0, 0.1) is 11.3 Å². The van der Waals surface area contributed by atoms with E-state index in [4.69, 9.17) is 50.5 Å². The highest BCUT2D eigenvalue weighted by Crippen LogP contribution is 2.60. The maximum Gasteiger partial charge on any atom is 0.0171 e. The smallest absolute Gasteiger partial charge is 0.0171 e. The highest BCUT2D eigenvalue weighted by Gasteiger charge is 2.60. The molecule has 0 saturated heterocycles. The van der Waals surface area contributed by atoms with Gasteiger partial charge in [0.2, 0.25) is 0 Å². The molecule has 15 heavy (non-hydrogen) atoms. The van der Waals surface area contributed by atoms with E-state index in [0.29, 0.717) is 26.9 Å². The third-order valence-electron chi connectivity index (χ3n) is 4.16. The first kappa shape index (κ1) is 13.2. The lowest BCUT2D eigenvalue weighted by Crippen LogP contribution is -2.45. The molecule has 0 aromatic heterocycles. The molecule has 0 aliphatic heterocycles. The van der Waals surface area contributed by atoms with Crippen molar-refractivity contribution in [1.29, 1.82) is 0 Å². The third-order valence-corrected chi connectivity index (χ3v) is 7.57. The Labute approximate surface area is 120 Å². The first-order chi connectivity index (χ1) is 7.05. The van der Waals surface area contributed by atoms with Crippen molar-refractivity contribution in [1.82, 2.24) is 0 Å². The van der Waals surface area contributed by atoms with Crippen molar-refractivity contribution < 1.29 is 0 Å². The molecule has 5 atom stereocenters. The Morgan fingerprint density at radius 3 is 1.87 bits per heavy atom. The SMILES string of the molecule is SCC1CC(S)C2(C(S)CCC2S)C1S.